The summed E-state index contributed by atoms with van der Waals surface area (Å²) >= 11 is 1.06. The number of thiazole rings is 1. The second-order valence-electron chi connectivity index (χ2n) is 4.95. The van der Waals surface area contributed by atoms with Gasteiger partial charge in [0.25, 0.3) is 0 Å². The molecule has 1 aliphatic heterocycles. The van der Waals surface area contributed by atoms with Gasteiger partial charge in [0, 0.05) is 24.2 Å². The second-order valence-corrected chi connectivity index (χ2v) is 6.03. The minimum Gasteiger partial charge on any atom is -0.255 e. The highest BCUT2D eigenvalue weighted by Crippen LogP contribution is 2.42. The van der Waals surface area contributed by atoms with Gasteiger partial charge >= 0.3 is 0 Å². The Bertz CT molecular complexity index is 902. The monoisotopic (exact) mass is 306 g/mol. The number of hydrogen-bond donors (Lipinski definition) is 0. The molecule has 0 radical (unpaired) electrons. The molecule has 4 rings (SSSR count). The van der Waals surface area contributed by atoms with E-state index in [9.17, 15) is 13.2 Å². The van der Waals surface area contributed by atoms with Crippen molar-refractivity contribution in [2.24, 2.45) is 0 Å². The molecule has 0 saturated heterocycles. The van der Waals surface area contributed by atoms with Crippen LogP contribution in [0.1, 0.15) is 23.1 Å². The van der Waals surface area contributed by atoms with Crippen molar-refractivity contribution in [3.63, 3.8) is 0 Å². The van der Waals surface area contributed by atoms with Crippen LogP contribution in [0, 0.1) is 17.5 Å². The van der Waals surface area contributed by atoms with Gasteiger partial charge in [-0.1, -0.05) is 6.92 Å². The second kappa shape index (κ2) is 4.27. The number of fused-ring (bicyclic) bond motifs is 2. The number of pyridine rings is 1. The molecule has 0 atom stereocenters. The zero-order chi connectivity index (χ0) is 14.7. The summed E-state index contributed by atoms with van der Waals surface area (Å²) in [5.74, 6) is -3.07. The van der Waals surface area contributed by atoms with Crippen LogP contribution in [0.2, 0.25) is 0 Å². The SMILES string of the molecule is CCc1c2cnc-2c1Cc1nc2c(F)c(F)cc(F)c2s1. The molecule has 0 saturated carbocycles. The molecule has 0 bridgehead atoms. The lowest BCUT2D eigenvalue weighted by Gasteiger charge is -2.25. The van der Waals surface area contributed by atoms with Gasteiger partial charge in [0.15, 0.2) is 11.6 Å². The van der Waals surface area contributed by atoms with E-state index >= 15 is 0 Å². The molecule has 106 valence electrons. The molecule has 0 unspecified atom stereocenters. The predicted octanol–water partition coefficient (Wildman–Crippen LogP) is 4.24. The highest BCUT2D eigenvalue weighted by atomic mass is 32.1. The van der Waals surface area contributed by atoms with Crippen LogP contribution in [-0.4, -0.2) is 9.97 Å². The molecule has 1 aromatic carbocycles. The van der Waals surface area contributed by atoms with Crippen molar-refractivity contribution in [2.75, 3.05) is 0 Å². The quantitative estimate of drug-likeness (QED) is 0.529. The maximum absolute atomic E-state index is 13.7. The van der Waals surface area contributed by atoms with Gasteiger partial charge in [-0.15, -0.1) is 11.3 Å². The van der Waals surface area contributed by atoms with Gasteiger partial charge in [-0.2, -0.15) is 0 Å². The van der Waals surface area contributed by atoms with E-state index in [-0.39, 0.29) is 10.2 Å². The fraction of sp³-hybridized carbons (Fsp3) is 0.200. The van der Waals surface area contributed by atoms with Crippen molar-refractivity contribution in [1.29, 1.82) is 0 Å². The topological polar surface area (TPSA) is 25.8 Å². The van der Waals surface area contributed by atoms with E-state index in [1.54, 1.807) is 0 Å². The van der Waals surface area contributed by atoms with Crippen molar-refractivity contribution in [3.8, 4) is 11.3 Å². The molecule has 0 N–H and O–H groups in total. The Morgan fingerprint density at radius 1 is 1.14 bits per heavy atom. The third-order valence-electron chi connectivity index (χ3n) is 3.79. The normalized spacial score (nSPS) is 12.2. The third kappa shape index (κ3) is 1.65. The number of rotatable bonds is 3. The maximum atomic E-state index is 13.7. The summed E-state index contributed by atoms with van der Waals surface area (Å²) in [7, 11) is 0. The molecule has 1 aliphatic carbocycles. The van der Waals surface area contributed by atoms with E-state index in [1.807, 2.05) is 6.20 Å². The van der Waals surface area contributed by atoms with E-state index in [0.29, 0.717) is 17.5 Å². The minimum absolute atomic E-state index is 0.0631. The van der Waals surface area contributed by atoms with Gasteiger partial charge in [-0.3, -0.25) is 4.98 Å². The standard InChI is InChI=1S/C15H9F3N2S/c1-2-6-7(13-8(6)5-19-13)3-11-20-14-12(18)9(16)4-10(17)15(14)21-11/h4-5H,2-3H2,1H3. The summed E-state index contributed by atoms with van der Waals surface area (Å²) in [6, 6.07) is 0.566. The number of nitrogens with zero attached hydrogens (tertiary/aromatic N) is 2. The summed E-state index contributed by atoms with van der Waals surface area (Å²) in [5, 5.41) is 0.572. The van der Waals surface area contributed by atoms with E-state index < -0.39 is 17.5 Å². The first kappa shape index (κ1) is 12.8. The lowest BCUT2D eigenvalue weighted by Crippen LogP contribution is -2.12. The van der Waals surface area contributed by atoms with Gasteiger partial charge in [0.1, 0.15) is 11.3 Å². The third-order valence-corrected chi connectivity index (χ3v) is 4.86. The Kier molecular flexibility index (Phi) is 2.60. The highest BCUT2D eigenvalue weighted by molar-refractivity contribution is 7.18. The van der Waals surface area contributed by atoms with Crippen molar-refractivity contribution in [3.05, 3.63) is 45.8 Å². The lowest BCUT2D eigenvalue weighted by atomic mass is 9.83. The summed E-state index contributed by atoms with van der Waals surface area (Å²) in [6.45, 7) is 2.05. The van der Waals surface area contributed by atoms with E-state index in [1.165, 1.54) is 11.1 Å². The molecule has 6 heteroatoms. The van der Waals surface area contributed by atoms with E-state index in [0.717, 1.165) is 29.0 Å². The van der Waals surface area contributed by atoms with Crippen LogP contribution in [0.4, 0.5) is 13.2 Å². The van der Waals surface area contributed by atoms with Crippen molar-refractivity contribution in [1.82, 2.24) is 9.97 Å². The summed E-state index contributed by atoms with van der Waals surface area (Å²) in [4.78, 5) is 8.24. The number of hydrogen-bond acceptors (Lipinski definition) is 3. The van der Waals surface area contributed by atoms with Crippen LogP contribution in [0.3, 0.4) is 0 Å². The molecule has 21 heavy (non-hydrogen) atoms. The Labute approximate surface area is 122 Å². The highest BCUT2D eigenvalue weighted by Gasteiger charge is 2.27. The summed E-state index contributed by atoms with van der Waals surface area (Å²) in [6.07, 6.45) is 3.20. The first-order chi connectivity index (χ1) is 10.1. The van der Waals surface area contributed by atoms with Crippen molar-refractivity contribution in [2.45, 2.75) is 19.8 Å². The zero-order valence-corrected chi connectivity index (χ0v) is 11.8. The maximum Gasteiger partial charge on any atom is 0.186 e. The predicted molar refractivity (Wildman–Crippen MR) is 74.9 cm³/mol. The van der Waals surface area contributed by atoms with Crippen LogP contribution in [0.25, 0.3) is 21.5 Å². The minimum atomic E-state index is -1.21. The number of aromatic nitrogens is 2. The molecule has 0 fully saturated rings. The van der Waals surface area contributed by atoms with Gasteiger partial charge < -0.3 is 0 Å². The van der Waals surface area contributed by atoms with Gasteiger partial charge in [-0.25, -0.2) is 18.2 Å². The molecule has 2 aliphatic rings. The van der Waals surface area contributed by atoms with Crippen molar-refractivity contribution >= 4 is 21.6 Å². The average Bonchev–Trinajstić information content (AvgIpc) is 2.85. The first-order valence-corrected chi connectivity index (χ1v) is 7.35. The first-order valence-electron chi connectivity index (χ1n) is 6.54. The summed E-state index contributed by atoms with van der Waals surface area (Å²) in [5.41, 5.74) is 4.23. The molecular weight excluding hydrogens is 297 g/mol. The van der Waals surface area contributed by atoms with E-state index in [4.69, 9.17) is 0 Å². The fourth-order valence-corrected chi connectivity index (χ4v) is 3.72. The molecule has 1 aromatic heterocycles. The zero-order valence-electron chi connectivity index (χ0n) is 11.0. The van der Waals surface area contributed by atoms with Crippen LogP contribution >= 0.6 is 11.3 Å². The largest absolute Gasteiger partial charge is 0.255 e. The molecular formula is C15H9F3N2S. The molecule has 0 amide bonds. The average molecular weight is 306 g/mol. The fourth-order valence-electron chi connectivity index (χ4n) is 2.75. The van der Waals surface area contributed by atoms with Gasteiger partial charge in [0.05, 0.1) is 15.4 Å². The number of halogens is 3. The summed E-state index contributed by atoms with van der Waals surface area (Å²) < 4.78 is 40.6. The van der Waals surface area contributed by atoms with E-state index in [2.05, 4.69) is 16.9 Å². The lowest BCUT2D eigenvalue weighted by molar-refractivity contribution is 0.504. The Balaban J connectivity index is 1.79. The Morgan fingerprint density at radius 3 is 2.62 bits per heavy atom. The van der Waals surface area contributed by atoms with Crippen LogP contribution in [0.15, 0.2) is 12.3 Å². The van der Waals surface area contributed by atoms with Crippen LogP contribution in [-0.2, 0) is 12.8 Å². The molecule has 0 spiro atoms. The van der Waals surface area contributed by atoms with Gasteiger partial charge in [0.2, 0.25) is 0 Å². The molecule has 2 aromatic rings. The van der Waals surface area contributed by atoms with Crippen LogP contribution in [0.5, 0.6) is 0 Å². The van der Waals surface area contributed by atoms with Crippen molar-refractivity contribution < 1.29 is 13.2 Å². The smallest absolute Gasteiger partial charge is 0.186 e. The van der Waals surface area contributed by atoms with Gasteiger partial charge in [-0.05, 0) is 17.5 Å². The Hall–Kier alpha value is -1.95. The number of benzene rings is 1. The van der Waals surface area contributed by atoms with Crippen LogP contribution < -0.4 is 0 Å². The Morgan fingerprint density at radius 2 is 1.95 bits per heavy atom. The molecule has 2 nitrogen and oxygen atoms in total. The molecule has 2 heterocycles.